The van der Waals surface area contributed by atoms with Crippen molar-refractivity contribution < 1.29 is 4.79 Å². The fourth-order valence-corrected chi connectivity index (χ4v) is 3.48. The zero-order valence-corrected chi connectivity index (χ0v) is 15.6. The molecule has 4 rings (SSSR count). The fourth-order valence-electron chi connectivity index (χ4n) is 3.48. The summed E-state index contributed by atoms with van der Waals surface area (Å²) in [5, 5.41) is 3.48. The van der Waals surface area contributed by atoms with Gasteiger partial charge in [0.1, 0.15) is 5.82 Å². The van der Waals surface area contributed by atoms with E-state index in [0.717, 1.165) is 22.5 Å². The molecule has 136 valence electrons. The lowest BCUT2D eigenvalue weighted by Crippen LogP contribution is -2.23. The molecule has 1 aliphatic heterocycles. The highest BCUT2D eigenvalue weighted by Crippen LogP contribution is 2.30. The summed E-state index contributed by atoms with van der Waals surface area (Å²) in [5.74, 6) is 0.868. The van der Waals surface area contributed by atoms with E-state index in [1.165, 1.54) is 11.1 Å². The number of aryl methyl sites for hydroxylation is 1. The van der Waals surface area contributed by atoms with Crippen LogP contribution in [0.1, 0.15) is 45.6 Å². The SMILES string of the molecule is Cc1ccc(CN2Cc3c(ccnc3N[C@@H](C)c3ccccc3)C2=O)cc1. The van der Waals surface area contributed by atoms with Crippen molar-refractivity contribution in [1.29, 1.82) is 0 Å². The highest BCUT2D eigenvalue weighted by molar-refractivity contribution is 5.99. The summed E-state index contributed by atoms with van der Waals surface area (Å²) >= 11 is 0. The van der Waals surface area contributed by atoms with Gasteiger partial charge in [0, 0.05) is 29.9 Å². The van der Waals surface area contributed by atoms with Crippen LogP contribution in [-0.2, 0) is 13.1 Å². The first-order chi connectivity index (χ1) is 13.1. The largest absolute Gasteiger partial charge is 0.363 e. The third kappa shape index (κ3) is 3.56. The molecule has 0 spiro atoms. The van der Waals surface area contributed by atoms with Crippen LogP contribution in [0.15, 0.2) is 66.9 Å². The summed E-state index contributed by atoms with van der Waals surface area (Å²) < 4.78 is 0. The maximum absolute atomic E-state index is 12.8. The van der Waals surface area contributed by atoms with Gasteiger partial charge >= 0.3 is 0 Å². The van der Waals surface area contributed by atoms with Crippen LogP contribution in [0.4, 0.5) is 5.82 Å². The fraction of sp³-hybridized carbons (Fsp3) is 0.217. The van der Waals surface area contributed by atoms with E-state index in [9.17, 15) is 4.79 Å². The van der Waals surface area contributed by atoms with Crippen LogP contribution >= 0.6 is 0 Å². The molecule has 3 aromatic rings. The minimum atomic E-state index is 0.0726. The second kappa shape index (κ2) is 7.23. The molecule has 1 aliphatic rings. The normalized spacial score (nSPS) is 14.1. The molecule has 0 saturated heterocycles. The topological polar surface area (TPSA) is 45.2 Å². The molecule has 0 unspecified atom stereocenters. The number of aromatic nitrogens is 1. The van der Waals surface area contributed by atoms with Gasteiger partial charge in [-0.25, -0.2) is 4.98 Å². The Labute approximate surface area is 159 Å². The van der Waals surface area contributed by atoms with Crippen LogP contribution in [0, 0.1) is 6.92 Å². The molecule has 0 fully saturated rings. The average molecular weight is 357 g/mol. The Hall–Kier alpha value is -3.14. The molecule has 4 heteroatoms. The van der Waals surface area contributed by atoms with Gasteiger partial charge in [-0.3, -0.25) is 4.79 Å². The lowest BCUT2D eigenvalue weighted by atomic mass is 10.1. The highest BCUT2D eigenvalue weighted by Gasteiger charge is 2.30. The Bertz CT molecular complexity index is 951. The molecule has 27 heavy (non-hydrogen) atoms. The number of rotatable bonds is 5. The summed E-state index contributed by atoms with van der Waals surface area (Å²) in [4.78, 5) is 19.2. The van der Waals surface area contributed by atoms with E-state index >= 15 is 0 Å². The van der Waals surface area contributed by atoms with Gasteiger partial charge < -0.3 is 10.2 Å². The number of pyridine rings is 1. The van der Waals surface area contributed by atoms with Crippen molar-refractivity contribution in [3.8, 4) is 0 Å². The second-order valence-corrected chi connectivity index (χ2v) is 7.11. The number of hydrogen-bond donors (Lipinski definition) is 1. The van der Waals surface area contributed by atoms with Gasteiger partial charge in [-0.05, 0) is 31.0 Å². The Balaban J connectivity index is 1.54. The van der Waals surface area contributed by atoms with Crippen LogP contribution in [0.25, 0.3) is 0 Å². The van der Waals surface area contributed by atoms with E-state index < -0.39 is 0 Å². The number of nitrogens with zero attached hydrogens (tertiary/aromatic N) is 2. The molecule has 1 N–H and O–H groups in total. The number of carbonyl (C=O) groups excluding carboxylic acids is 1. The predicted molar refractivity (Wildman–Crippen MR) is 107 cm³/mol. The molecular formula is C23H23N3O. The van der Waals surface area contributed by atoms with Gasteiger partial charge in [0.25, 0.3) is 5.91 Å². The number of amides is 1. The number of carbonyl (C=O) groups is 1. The van der Waals surface area contributed by atoms with Gasteiger partial charge in [0.2, 0.25) is 0 Å². The van der Waals surface area contributed by atoms with Crippen LogP contribution in [0.3, 0.4) is 0 Å². The van der Waals surface area contributed by atoms with Crippen LogP contribution in [-0.4, -0.2) is 15.8 Å². The van der Waals surface area contributed by atoms with Gasteiger partial charge in [0.15, 0.2) is 0 Å². The van der Waals surface area contributed by atoms with Gasteiger partial charge in [-0.2, -0.15) is 0 Å². The standard InChI is InChI=1S/C23H23N3O/c1-16-8-10-18(11-9-16)14-26-15-21-20(23(26)27)12-13-24-22(21)25-17(2)19-6-4-3-5-7-19/h3-13,17H,14-15H2,1-2H3,(H,24,25)/t17-/m0/s1. The van der Waals surface area contributed by atoms with Crippen LogP contribution in [0.5, 0.6) is 0 Å². The Morgan fingerprint density at radius 1 is 1.07 bits per heavy atom. The van der Waals surface area contributed by atoms with Crippen molar-refractivity contribution in [3.05, 3.63) is 94.7 Å². The average Bonchev–Trinajstić information content (AvgIpc) is 3.01. The van der Waals surface area contributed by atoms with E-state index in [1.54, 1.807) is 6.20 Å². The molecule has 1 atom stereocenters. The van der Waals surface area contributed by atoms with E-state index in [2.05, 4.69) is 60.5 Å². The lowest BCUT2D eigenvalue weighted by Gasteiger charge is -2.18. The second-order valence-electron chi connectivity index (χ2n) is 7.11. The zero-order valence-electron chi connectivity index (χ0n) is 15.6. The van der Waals surface area contributed by atoms with Gasteiger partial charge in [0.05, 0.1) is 6.54 Å². The molecule has 0 bridgehead atoms. The zero-order chi connectivity index (χ0) is 18.8. The number of anilines is 1. The highest BCUT2D eigenvalue weighted by atomic mass is 16.2. The van der Waals surface area contributed by atoms with Crippen LogP contribution < -0.4 is 5.32 Å². The smallest absolute Gasteiger partial charge is 0.255 e. The summed E-state index contributed by atoms with van der Waals surface area (Å²) in [6, 6.07) is 20.5. The maximum atomic E-state index is 12.8. The molecule has 2 heterocycles. The first kappa shape index (κ1) is 17.3. The minimum Gasteiger partial charge on any atom is -0.363 e. The summed E-state index contributed by atoms with van der Waals surface area (Å²) in [6.07, 6.45) is 1.71. The molecule has 0 radical (unpaired) electrons. The summed E-state index contributed by atoms with van der Waals surface area (Å²) in [5.41, 5.74) is 5.29. The van der Waals surface area contributed by atoms with Crippen molar-refractivity contribution in [3.63, 3.8) is 0 Å². The van der Waals surface area contributed by atoms with E-state index in [-0.39, 0.29) is 11.9 Å². The van der Waals surface area contributed by atoms with Crippen molar-refractivity contribution in [2.75, 3.05) is 5.32 Å². The van der Waals surface area contributed by atoms with Gasteiger partial charge in [-0.15, -0.1) is 0 Å². The Kier molecular flexibility index (Phi) is 4.63. The van der Waals surface area contributed by atoms with Gasteiger partial charge in [-0.1, -0.05) is 60.2 Å². The quantitative estimate of drug-likeness (QED) is 0.719. The Morgan fingerprint density at radius 3 is 2.56 bits per heavy atom. The molecule has 2 aromatic carbocycles. The molecule has 0 saturated carbocycles. The third-order valence-electron chi connectivity index (χ3n) is 5.07. The van der Waals surface area contributed by atoms with Crippen molar-refractivity contribution in [2.24, 2.45) is 0 Å². The van der Waals surface area contributed by atoms with E-state index in [1.807, 2.05) is 29.2 Å². The van der Waals surface area contributed by atoms with Crippen molar-refractivity contribution in [2.45, 2.75) is 33.0 Å². The molecule has 1 amide bonds. The third-order valence-corrected chi connectivity index (χ3v) is 5.07. The number of nitrogens with one attached hydrogen (secondary N) is 1. The number of hydrogen-bond acceptors (Lipinski definition) is 3. The van der Waals surface area contributed by atoms with Crippen LogP contribution in [0.2, 0.25) is 0 Å². The lowest BCUT2D eigenvalue weighted by molar-refractivity contribution is 0.0767. The molecular weight excluding hydrogens is 334 g/mol. The minimum absolute atomic E-state index is 0.0726. The van der Waals surface area contributed by atoms with Crippen molar-refractivity contribution >= 4 is 11.7 Å². The summed E-state index contributed by atoms with van der Waals surface area (Å²) in [6.45, 7) is 5.37. The Morgan fingerprint density at radius 2 is 1.81 bits per heavy atom. The predicted octanol–water partition coefficient (Wildman–Crippen LogP) is 4.72. The first-order valence-corrected chi connectivity index (χ1v) is 9.26. The number of fused-ring (bicyclic) bond motifs is 1. The number of benzene rings is 2. The van der Waals surface area contributed by atoms with Crippen molar-refractivity contribution in [1.82, 2.24) is 9.88 Å². The first-order valence-electron chi connectivity index (χ1n) is 9.26. The van der Waals surface area contributed by atoms with E-state index in [0.29, 0.717) is 13.1 Å². The molecule has 1 aromatic heterocycles. The molecule has 4 nitrogen and oxygen atoms in total. The summed E-state index contributed by atoms with van der Waals surface area (Å²) in [7, 11) is 0. The monoisotopic (exact) mass is 357 g/mol. The van der Waals surface area contributed by atoms with E-state index in [4.69, 9.17) is 0 Å². The maximum Gasteiger partial charge on any atom is 0.255 e. The molecule has 0 aliphatic carbocycles.